The summed E-state index contributed by atoms with van der Waals surface area (Å²) in [7, 11) is 1.64. The summed E-state index contributed by atoms with van der Waals surface area (Å²) in [5.41, 5.74) is 5.10. The maximum Gasteiger partial charge on any atom is 0.248 e. The normalized spacial score (nSPS) is 17.6. The molecule has 0 atom stereocenters. The van der Waals surface area contributed by atoms with E-state index in [1.165, 1.54) is 0 Å². The molecule has 1 aliphatic carbocycles. The third-order valence-electron chi connectivity index (χ3n) is 7.81. The lowest BCUT2D eigenvalue weighted by molar-refractivity contribution is -0.125. The highest BCUT2D eigenvalue weighted by Gasteiger charge is 2.52. The Balaban J connectivity index is 1.31. The quantitative estimate of drug-likeness (QED) is 0.312. The van der Waals surface area contributed by atoms with Crippen LogP contribution >= 0.6 is 0 Å². The molecule has 2 aliphatic rings. The Morgan fingerprint density at radius 1 is 1.05 bits per heavy atom. The van der Waals surface area contributed by atoms with Crippen LogP contribution < -0.4 is 15.4 Å². The van der Waals surface area contributed by atoms with Gasteiger partial charge in [-0.3, -0.25) is 4.79 Å². The summed E-state index contributed by atoms with van der Waals surface area (Å²) >= 11 is 0. The van der Waals surface area contributed by atoms with Gasteiger partial charge in [-0.15, -0.1) is 0 Å². The van der Waals surface area contributed by atoms with Crippen LogP contribution in [0.3, 0.4) is 0 Å². The van der Waals surface area contributed by atoms with Crippen LogP contribution in [0.2, 0.25) is 0 Å². The first-order chi connectivity index (χ1) is 17.8. The number of benzene rings is 3. The summed E-state index contributed by atoms with van der Waals surface area (Å²) in [5.74, 6) is -1.45. The number of hydrogen-bond acceptors (Lipinski definition) is 5. The molecule has 1 aliphatic heterocycles. The van der Waals surface area contributed by atoms with E-state index in [1.807, 2.05) is 61.5 Å². The third-order valence-corrected chi connectivity index (χ3v) is 7.81. The van der Waals surface area contributed by atoms with E-state index < -0.39 is 11.3 Å². The van der Waals surface area contributed by atoms with Crippen molar-refractivity contribution < 1.29 is 22.8 Å². The number of carbonyl (C=O) groups is 1. The molecule has 6 rings (SSSR count). The molecule has 3 aromatic carbocycles. The zero-order chi connectivity index (χ0) is 25.8. The third kappa shape index (κ3) is 3.91. The van der Waals surface area contributed by atoms with Gasteiger partial charge < -0.3 is 19.9 Å². The molecule has 1 saturated carbocycles. The predicted molar refractivity (Wildman–Crippen MR) is 138 cm³/mol. The number of aryl methyl sites for hydroxylation is 1. The van der Waals surface area contributed by atoms with Crippen molar-refractivity contribution in [2.75, 3.05) is 17.7 Å². The standard InChI is InChI=1S/C29H27F2N3O3/c1-17-3-9-21-25(37-34-26(21)32-16-18-4-7-20(36-2)8-5-18)24(17)19-6-10-22-23(15-19)33-27(35)28(22)11-13-29(30,31)14-12-28/h3-10,15H,11-14,16H2,1-2H3,(H,32,34)(H,33,35). The number of rotatable bonds is 5. The molecular formula is C29H27F2N3O3. The summed E-state index contributed by atoms with van der Waals surface area (Å²) in [6.45, 7) is 2.57. The summed E-state index contributed by atoms with van der Waals surface area (Å²) in [6, 6.07) is 17.6. The number of aromatic nitrogens is 1. The van der Waals surface area contributed by atoms with E-state index in [-0.39, 0.29) is 31.6 Å². The minimum absolute atomic E-state index is 0.151. The molecule has 0 bridgehead atoms. The first kappa shape index (κ1) is 23.5. The van der Waals surface area contributed by atoms with Gasteiger partial charge in [-0.2, -0.15) is 0 Å². The number of nitrogens with one attached hydrogen (secondary N) is 2. The van der Waals surface area contributed by atoms with Crippen molar-refractivity contribution >= 4 is 28.4 Å². The molecule has 2 heterocycles. The van der Waals surface area contributed by atoms with Crippen LogP contribution in [0.15, 0.2) is 59.1 Å². The molecule has 4 aromatic rings. The Hall–Kier alpha value is -3.94. The van der Waals surface area contributed by atoms with E-state index in [0.29, 0.717) is 23.6 Å². The van der Waals surface area contributed by atoms with Crippen molar-refractivity contribution in [1.82, 2.24) is 5.16 Å². The number of alkyl halides is 2. The summed E-state index contributed by atoms with van der Waals surface area (Å²) < 4.78 is 38.7. The van der Waals surface area contributed by atoms with Crippen molar-refractivity contribution in [1.29, 1.82) is 0 Å². The zero-order valence-electron chi connectivity index (χ0n) is 20.7. The fraction of sp³-hybridized carbons (Fsp3) is 0.310. The topological polar surface area (TPSA) is 76.4 Å². The number of ether oxygens (including phenoxy) is 1. The maximum absolute atomic E-state index is 13.8. The van der Waals surface area contributed by atoms with E-state index in [1.54, 1.807) is 7.11 Å². The Labute approximate surface area is 213 Å². The van der Waals surface area contributed by atoms with Crippen molar-refractivity contribution in [2.24, 2.45) is 0 Å². The van der Waals surface area contributed by atoms with Gasteiger partial charge in [0.25, 0.3) is 0 Å². The number of anilines is 2. The number of amides is 1. The zero-order valence-corrected chi connectivity index (χ0v) is 20.7. The first-order valence-electron chi connectivity index (χ1n) is 12.4. The van der Waals surface area contributed by atoms with Gasteiger partial charge in [-0.05, 0) is 66.3 Å². The van der Waals surface area contributed by atoms with Crippen LogP contribution in [-0.2, 0) is 16.8 Å². The monoisotopic (exact) mass is 503 g/mol. The highest BCUT2D eigenvalue weighted by Crippen LogP contribution is 2.52. The minimum Gasteiger partial charge on any atom is -0.497 e. The molecule has 0 saturated heterocycles. The van der Waals surface area contributed by atoms with Gasteiger partial charge in [0.05, 0.1) is 17.9 Å². The van der Waals surface area contributed by atoms with Crippen LogP contribution in [0, 0.1) is 6.92 Å². The first-order valence-corrected chi connectivity index (χ1v) is 12.4. The average molecular weight is 504 g/mol. The van der Waals surface area contributed by atoms with Gasteiger partial charge in [-0.25, -0.2) is 8.78 Å². The lowest BCUT2D eigenvalue weighted by atomic mass is 9.69. The van der Waals surface area contributed by atoms with Gasteiger partial charge in [0.2, 0.25) is 11.8 Å². The molecule has 1 aromatic heterocycles. The molecule has 37 heavy (non-hydrogen) atoms. The van der Waals surface area contributed by atoms with Crippen LogP contribution in [0.1, 0.15) is 42.4 Å². The lowest BCUT2D eigenvalue weighted by Gasteiger charge is -2.35. The van der Waals surface area contributed by atoms with E-state index >= 15 is 0 Å². The second-order valence-electron chi connectivity index (χ2n) is 10.0. The Bertz CT molecular complexity index is 1500. The van der Waals surface area contributed by atoms with Gasteiger partial charge in [0, 0.05) is 30.6 Å². The number of hydrogen-bond donors (Lipinski definition) is 2. The van der Waals surface area contributed by atoms with Gasteiger partial charge >= 0.3 is 0 Å². The SMILES string of the molecule is COc1ccc(CNc2noc3c(-c4ccc5c(c4)NC(=O)C54CCC(F)(F)CC4)c(C)ccc23)cc1. The fourth-order valence-corrected chi connectivity index (χ4v) is 5.64. The molecule has 190 valence electrons. The molecule has 1 fully saturated rings. The van der Waals surface area contributed by atoms with Crippen molar-refractivity contribution in [3.63, 3.8) is 0 Å². The number of nitrogens with zero attached hydrogens (tertiary/aromatic N) is 1. The summed E-state index contributed by atoms with van der Waals surface area (Å²) in [6.07, 6.45) is -0.245. The molecule has 0 unspecified atom stereocenters. The van der Waals surface area contributed by atoms with Crippen molar-refractivity contribution in [3.05, 3.63) is 71.3 Å². The average Bonchev–Trinajstić information content (AvgIpc) is 3.42. The Morgan fingerprint density at radius 2 is 1.81 bits per heavy atom. The highest BCUT2D eigenvalue weighted by atomic mass is 19.3. The van der Waals surface area contributed by atoms with E-state index in [9.17, 15) is 13.6 Å². The largest absolute Gasteiger partial charge is 0.497 e. The summed E-state index contributed by atoms with van der Waals surface area (Å²) in [4.78, 5) is 13.0. The number of carbonyl (C=O) groups excluding carboxylic acids is 1. The van der Waals surface area contributed by atoms with E-state index in [2.05, 4.69) is 15.8 Å². The molecule has 8 heteroatoms. The fourth-order valence-electron chi connectivity index (χ4n) is 5.64. The smallest absolute Gasteiger partial charge is 0.248 e. The summed E-state index contributed by atoms with van der Waals surface area (Å²) in [5, 5.41) is 11.4. The molecule has 0 radical (unpaired) electrons. The van der Waals surface area contributed by atoms with E-state index in [0.717, 1.165) is 39.0 Å². The maximum atomic E-state index is 13.8. The number of halogens is 2. The molecule has 1 spiro atoms. The number of fused-ring (bicyclic) bond motifs is 3. The van der Waals surface area contributed by atoms with Gasteiger partial charge in [0.15, 0.2) is 11.4 Å². The second kappa shape index (κ2) is 8.57. The Morgan fingerprint density at radius 3 is 2.54 bits per heavy atom. The van der Waals surface area contributed by atoms with Crippen LogP contribution in [0.25, 0.3) is 22.1 Å². The molecule has 2 N–H and O–H groups in total. The van der Waals surface area contributed by atoms with Crippen molar-refractivity contribution in [2.45, 2.75) is 50.5 Å². The lowest BCUT2D eigenvalue weighted by Crippen LogP contribution is -2.41. The van der Waals surface area contributed by atoms with Crippen molar-refractivity contribution in [3.8, 4) is 16.9 Å². The highest BCUT2D eigenvalue weighted by molar-refractivity contribution is 6.08. The number of methoxy groups -OCH3 is 1. The van der Waals surface area contributed by atoms with Crippen LogP contribution in [-0.4, -0.2) is 24.1 Å². The molecular weight excluding hydrogens is 476 g/mol. The van der Waals surface area contributed by atoms with Crippen LogP contribution in [0.5, 0.6) is 5.75 Å². The predicted octanol–water partition coefficient (Wildman–Crippen LogP) is 6.82. The van der Waals surface area contributed by atoms with Gasteiger partial charge in [-0.1, -0.05) is 35.5 Å². The molecule has 1 amide bonds. The molecule has 6 nitrogen and oxygen atoms in total. The van der Waals surface area contributed by atoms with Gasteiger partial charge in [0.1, 0.15) is 5.75 Å². The van der Waals surface area contributed by atoms with E-state index in [4.69, 9.17) is 9.26 Å². The minimum atomic E-state index is -2.70. The van der Waals surface area contributed by atoms with Crippen LogP contribution in [0.4, 0.5) is 20.3 Å². The Kier molecular flexibility index (Phi) is 5.44. The second-order valence-corrected chi connectivity index (χ2v) is 10.0.